The highest BCUT2D eigenvalue weighted by molar-refractivity contribution is 5.96. The molecule has 0 aromatic heterocycles. The molecule has 1 aromatic carbocycles. The molecule has 2 amide bonds. The summed E-state index contributed by atoms with van der Waals surface area (Å²) in [7, 11) is 0. The first-order chi connectivity index (χ1) is 12.5. The van der Waals surface area contributed by atoms with Crippen LogP contribution in [0.25, 0.3) is 0 Å². The number of amides is 2. The van der Waals surface area contributed by atoms with Gasteiger partial charge in [0.15, 0.2) is 0 Å². The van der Waals surface area contributed by atoms with Gasteiger partial charge in [0.2, 0.25) is 5.91 Å². The predicted molar refractivity (Wildman–Crippen MR) is 98.6 cm³/mol. The van der Waals surface area contributed by atoms with E-state index in [9.17, 15) is 14.4 Å². The minimum Gasteiger partial charge on any atom is -0.466 e. The summed E-state index contributed by atoms with van der Waals surface area (Å²) < 4.78 is 5.05. The Kier molecular flexibility index (Phi) is 7.15. The van der Waals surface area contributed by atoms with Crippen LogP contribution in [0.1, 0.15) is 37.0 Å². The number of piperidine rings is 1. The lowest BCUT2D eigenvalue weighted by Crippen LogP contribution is -2.40. The summed E-state index contributed by atoms with van der Waals surface area (Å²) in [5, 5.41) is 2.77. The largest absolute Gasteiger partial charge is 0.466 e. The van der Waals surface area contributed by atoms with Gasteiger partial charge in [0.25, 0.3) is 5.91 Å². The van der Waals surface area contributed by atoms with E-state index in [1.807, 2.05) is 0 Å². The van der Waals surface area contributed by atoms with Crippen molar-refractivity contribution in [3.05, 3.63) is 29.8 Å². The number of rotatable bonds is 6. The number of hydrogen-bond acceptors (Lipinski definition) is 5. The zero-order valence-corrected chi connectivity index (χ0v) is 15.4. The van der Waals surface area contributed by atoms with E-state index in [-0.39, 0.29) is 36.2 Å². The topological polar surface area (TPSA) is 102 Å². The first kappa shape index (κ1) is 19.9. The summed E-state index contributed by atoms with van der Waals surface area (Å²) in [5.74, 6) is -0.780. The van der Waals surface area contributed by atoms with Crippen molar-refractivity contribution in [1.82, 2.24) is 4.90 Å². The minimum atomic E-state index is -0.267. The van der Waals surface area contributed by atoms with Crippen LogP contribution in [-0.2, 0) is 14.3 Å². The maximum atomic E-state index is 12.6. The Hall–Kier alpha value is -2.41. The number of ether oxygens (including phenoxy) is 1. The van der Waals surface area contributed by atoms with Crippen molar-refractivity contribution in [3.63, 3.8) is 0 Å². The van der Waals surface area contributed by atoms with Gasteiger partial charge in [-0.1, -0.05) is 6.92 Å². The van der Waals surface area contributed by atoms with Crippen molar-refractivity contribution in [2.75, 3.05) is 31.6 Å². The Bertz CT molecular complexity index is 637. The van der Waals surface area contributed by atoms with Crippen molar-refractivity contribution in [1.29, 1.82) is 0 Å². The number of esters is 1. The van der Waals surface area contributed by atoms with Gasteiger partial charge in [0.05, 0.1) is 12.5 Å². The van der Waals surface area contributed by atoms with Crippen LogP contribution in [0.3, 0.4) is 0 Å². The molecule has 1 heterocycles. The summed E-state index contributed by atoms with van der Waals surface area (Å²) in [5.41, 5.74) is 6.67. The molecular weight excluding hydrogens is 334 g/mol. The lowest BCUT2D eigenvalue weighted by Gasteiger charge is -2.31. The van der Waals surface area contributed by atoms with E-state index in [0.29, 0.717) is 43.8 Å². The van der Waals surface area contributed by atoms with E-state index in [4.69, 9.17) is 10.5 Å². The van der Waals surface area contributed by atoms with E-state index in [2.05, 4.69) is 5.32 Å². The average Bonchev–Trinajstić information content (AvgIpc) is 2.67. The standard InChI is InChI=1S/C19H27N3O4/c1-3-26-19(25)15-8-10-22(11-9-15)18(24)14-4-6-16(7-5-14)21-17(23)13(2)12-20/h4-7,13,15H,3,8-12,20H2,1-2H3,(H,21,23). The molecule has 1 aliphatic rings. The van der Waals surface area contributed by atoms with E-state index >= 15 is 0 Å². The Balaban J connectivity index is 1.90. The Morgan fingerprint density at radius 2 is 1.85 bits per heavy atom. The second-order valence-electron chi connectivity index (χ2n) is 6.52. The SMILES string of the molecule is CCOC(=O)C1CCN(C(=O)c2ccc(NC(=O)C(C)CN)cc2)CC1. The number of nitrogens with zero attached hydrogens (tertiary/aromatic N) is 1. The minimum absolute atomic E-state index is 0.0690. The van der Waals surface area contributed by atoms with E-state index < -0.39 is 0 Å². The fraction of sp³-hybridized carbons (Fsp3) is 0.526. The van der Waals surface area contributed by atoms with E-state index in [1.54, 1.807) is 43.0 Å². The Labute approximate surface area is 153 Å². The van der Waals surface area contributed by atoms with Gasteiger partial charge in [-0.3, -0.25) is 14.4 Å². The number of nitrogens with one attached hydrogen (secondary N) is 1. The molecule has 1 aromatic rings. The summed E-state index contributed by atoms with van der Waals surface area (Å²) in [6.45, 7) is 5.28. The molecule has 3 N–H and O–H groups in total. The maximum absolute atomic E-state index is 12.6. The number of nitrogens with two attached hydrogens (primary N) is 1. The maximum Gasteiger partial charge on any atom is 0.309 e. The number of anilines is 1. The Morgan fingerprint density at radius 3 is 2.38 bits per heavy atom. The molecule has 142 valence electrons. The van der Waals surface area contributed by atoms with Gasteiger partial charge in [-0.15, -0.1) is 0 Å². The van der Waals surface area contributed by atoms with Crippen molar-refractivity contribution in [3.8, 4) is 0 Å². The number of likely N-dealkylation sites (tertiary alicyclic amines) is 1. The first-order valence-electron chi connectivity index (χ1n) is 9.03. The van der Waals surface area contributed by atoms with E-state index in [1.165, 1.54) is 0 Å². The van der Waals surface area contributed by atoms with Crippen molar-refractivity contribution < 1.29 is 19.1 Å². The summed E-state index contributed by atoms with van der Waals surface area (Å²) in [4.78, 5) is 38.0. The van der Waals surface area contributed by atoms with Crippen LogP contribution in [0.2, 0.25) is 0 Å². The second kappa shape index (κ2) is 9.33. The average molecular weight is 361 g/mol. The van der Waals surface area contributed by atoms with Gasteiger partial charge in [0.1, 0.15) is 0 Å². The van der Waals surface area contributed by atoms with Crippen LogP contribution in [0, 0.1) is 11.8 Å². The van der Waals surface area contributed by atoms with Gasteiger partial charge >= 0.3 is 5.97 Å². The zero-order valence-electron chi connectivity index (χ0n) is 15.4. The second-order valence-corrected chi connectivity index (χ2v) is 6.52. The van der Waals surface area contributed by atoms with Crippen LogP contribution >= 0.6 is 0 Å². The third-order valence-corrected chi connectivity index (χ3v) is 4.60. The third-order valence-electron chi connectivity index (χ3n) is 4.60. The van der Waals surface area contributed by atoms with Gasteiger partial charge in [-0.2, -0.15) is 0 Å². The van der Waals surface area contributed by atoms with Crippen LogP contribution in [0.15, 0.2) is 24.3 Å². The number of benzene rings is 1. The highest BCUT2D eigenvalue weighted by Crippen LogP contribution is 2.21. The fourth-order valence-corrected chi connectivity index (χ4v) is 2.83. The molecule has 1 fully saturated rings. The molecule has 26 heavy (non-hydrogen) atoms. The normalized spacial score (nSPS) is 16.0. The number of hydrogen-bond donors (Lipinski definition) is 2. The molecule has 1 unspecified atom stereocenters. The highest BCUT2D eigenvalue weighted by atomic mass is 16.5. The third kappa shape index (κ3) is 5.05. The molecule has 1 aliphatic heterocycles. The summed E-state index contributed by atoms with van der Waals surface area (Å²) in [6, 6.07) is 6.81. The van der Waals surface area contributed by atoms with Crippen LogP contribution in [-0.4, -0.2) is 48.9 Å². The molecule has 0 bridgehead atoms. The molecular formula is C19H27N3O4. The molecule has 0 aliphatic carbocycles. The van der Waals surface area contributed by atoms with Gasteiger partial charge < -0.3 is 20.7 Å². The molecule has 2 rings (SSSR count). The fourth-order valence-electron chi connectivity index (χ4n) is 2.83. The molecule has 1 saturated heterocycles. The zero-order chi connectivity index (χ0) is 19.1. The van der Waals surface area contributed by atoms with Crippen LogP contribution in [0.4, 0.5) is 5.69 Å². The molecule has 7 nitrogen and oxygen atoms in total. The predicted octanol–water partition coefficient (Wildman–Crippen LogP) is 1.64. The van der Waals surface area contributed by atoms with E-state index in [0.717, 1.165) is 0 Å². The van der Waals surface area contributed by atoms with Gasteiger partial charge in [-0.25, -0.2) is 0 Å². The molecule has 1 atom stereocenters. The number of carbonyl (C=O) groups is 3. The van der Waals surface area contributed by atoms with Crippen LogP contribution in [0.5, 0.6) is 0 Å². The molecule has 0 spiro atoms. The monoisotopic (exact) mass is 361 g/mol. The van der Waals surface area contributed by atoms with Crippen molar-refractivity contribution in [2.45, 2.75) is 26.7 Å². The molecule has 7 heteroatoms. The first-order valence-corrected chi connectivity index (χ1v) is 9.03. The van der Waals surface area contributed by atoms with Gasteiger partial charge in [-0.05, 0) is 44.0 Å². The smallest absolute Gasteiger partial charge is 0.309 e. The highest BCUT2D eigenvalue weighted by Gasteiger charge is 2.28. The lowest BCUT2D eigenvalue weighted by atomic mass is 9.96. The lowest BCUT2D eigenvalue weighted by molar-refractivity contribution is -0.149. The van der Waals surface area contributed by atoms with Crippen molar-refractivity contribution >= 4 is 23.5 Å². The summed E-state index contributed by atoms with van der Waals surface area (Å²) in [6.07, 6.45) is 1.24. The molecule has 0 radical (unpaired) electrons. The molecule has 0 saturated carbocycles. The van der Waals surface area contributed by atoms with Crippen molar-refractivity contribution in [2.24, 2.45) is 17.6 Å². The Morgan fingerprint density at radius 1 is 1.23 bits per heavy atom. The van der Waals surface area contributed by atoms with Gasteiger partial charge in [0, 0.05) is 36.8 Å². The quantitative estimate of drug-likeness (QED) is 0.750. The number of carbonyl (C=O) groups excluding carboxylic acids is 3. The van der Waals surface area contributed by atoms with Crippen LogP contribution < -0.4 is 11.1 Å². The summed E-state index contributed by atoms with van der Waals surface area (Å²) >= 11 is 0.